The Labute approximate surface area is 272 Å². The van der Waals surface area contributed by atoms with Gasteiger partial charge in [0.15, 0.2) is 0 Å². The Hall–Kier alpha value is -2.71. The highest BCUT2D eigenvalue weighted by Gasteiger charge is 2.62. The summed E-state index contributed by atoms with van der Waals surface area (Å²) in [6, 6.07) is 3.83. The summed E-state index contributed by atoms with van der Waals surface area (Å²) in [6.45, 7) is -0.197. The summed E-state index contributed by atoms with van der Waals surface area (Å²) < 4.78 is 43.2. The number of nitrogens with one attached hydrogen (secondary N) is 2. The SMILES string of the molecule is COC(=O)[C@@]12C[C@H]1CCCCCCC[C@H](NC(=O)OC1CCCC1)C(=O)N1C[C@@H](OS(=O)(=O)c3ccc(Br)cc3)C[C@H]1C(=O)N2. The number of carbonyl (C=O) groups excluding carboxylic acids is 4. The van der Waals surface area contributed by atoms with Crippen molar-refractivity contribution in [3.63, 3.8) is 0 Å². The van der Waals surface area contributed by atoms with Gasteiger partial charge < -0.3 is 25.0 Å². The summed E-state index contributed by atoms with van der Waals surface area (Å²) in [4.78, 5) is 55.0. The van der Waals surface area contributed by atoms with E-state index in [0.29, 0.717) is 23.7 Å². The third-order valence-corrected chi connectivity index (χ3v) is 11.3. The van der Waals surface area contributed by atoms with E-state index < -0.39 is 57.7 Å². The molecule has 248 valence electrons. The highest BCUT2D eigenvalue weighted by molar-refractivity contribution is 9.10. The van der Waals surface area contributed by atoms with Crippen molar-refractivity contribution in [3.05, 3.63) is 28.7 Å². The molecular formula is C31H42BrN3O9S. The van der Waals surface area contributed by atoms with Crippen LogP contribution in [0.3, 0.4) is 0 Å². The fourth-order valence-corrected chi connectivity index (χ4v) is 8.22. The van der Waals surface area contributed by atoms with E-state index in [0.717, 1.165) is 57.8 Å². The quantitative estimate of drug-likeness (QED) is 0.329. The Morgan fingerprint density at radius 3 is 2.29 bits per heavy atom. The van der Waals surface area contributed by atoms with Gasteiger partial charge in [0.05, 0.1) is 18.1 Å². The zero-order valence-electron chi connectivity index (χ0n) is 25.5. The van der Waals surface area contributed by atoms with Gasteiger partial charge in [0, 0.05) is 17.4 Å². The average molecular weight is 713 g/mol. The lowest BCUT2D eigenvalue weighted by Gasteiger charge is -2.29. The van der Waals surface area contributed by atoms with Crippen LogP contribution in [0.2, 0.25) is 0 Å². The fraction of sp³-hybridized carbons (Fsp3) is 0.677. The standard InChI is InChI=1S/C31H42BrN3O9S/c1-42-29(38)31-18-20(31)9-5-3-2-4-6-12-25(33-30(39)43-22-10-7-8-11-22)28(37)35-19-23(17-26(35)27(36)34-31)44-45(40,41)24-15-13-21(32)14-16-24/h13-16,20,22-23,25-26H,2-12,17-19H2,1H3,(H,33,39)(H,34,36)/t20-,23+,25+,26+,31-/m1/s1. The Morgan fingerprint density at radius 2 is 1.60 bits per heavy atom. The van der Waals surface area contributed by atoms with Crippen molar-refractivity contribution in [1.29, 1.82) is 0 Å². The molecule has 4 fully saturated rings. The molecule has 1 aromatic carbocycles. The van der Waals surface area contributed by atoms with Crippen LogP contribution >= 0.6 is 15.9 Å². The number of methoxy groups -OCH3 is 1. The summed E-state index contributed by atoms with van der Waals surface area (Å²) in [7, 11) is -2.95. The molecule has 2 aliphatic heterocycles. The number of fused-ring (bicyclic) bond motifs is 2. The first kappa shape index (κ1) is 33.6. The lowest BCUT2D eigenvalue weighted by Crippen LogP contribution is -2.56. The number of ether oxygens (including phenoxy) is 2. The van der Waals surface area contributed by atoms with Crippen molar-refractivity contribution in [2.75, 3.05) is 13.7 Å². The number of carbonyl (C=O) groups is 4. The smallest absolute Gasteiger partial charge is 0.408 e. The molecule has 2 saturated carbocycles. The van der Waals surface area contributed by atoms with Gasteiger partial charge in [-0.15, -0.1) is 0 Å². The minimum absolute atomic E-state index is 0.0643. The molecule has 0 radical (unpaired) electrons. The Kier molecular flexibility index (Phi) is 10.7. The molecule has 2 heterocycles. The maximum atomic E-state index is 14.1. The van der Waals surface area contributed by atoms with E-state index in [4.69, 9.17) is 13.7 Å². The van der Waals surface area contributed by atoms with Crippen LogP contribution in [0.15, 0.2) is 33.6 Å². The largest absolute Gasteiger partial charge is 0.467 e. The molecule has 0 spiro atoms. The number of benzene rings is 1. The Balaban J connectivity index is 1.40. The van der Waals surface area contributed by atoms with Crippen molar-refractivity contribution in [3.8, 4) is 0 Å². The topological polar surface area (TPSA) is 157 Å². The van der Waals surface area contributed by atoms with Gasteiger partial charge in [0.25, 0.3) is 10.1 Å². The van der Waals surface area contributed by atoms with E-state index >= 15 is 0 Å². The molecule has 12 nitrogen and oxygen atoms in total. The van der Waals surface area contributed by atoms with Gasteiger partial charge in [-0.3, -0.25) is 13.8 Å². The number of amides is 3. The van der Waals surface area contributed by atoms with Crippen LogP contribution in [0.5, 0.6) is 0 Å². The normalized spacial score (nSPS) is 29.9. The lowest BCUT2D eigenvalue weighted by molar-refractivity contribution is -0.148. The van der Waals surface area contributed by atoms with Gasteiger partial charge >= 0.3 is 12.1 Å². The molecule has 3 amide bonds. The third kappa shape index (κ3) is 7.99. The Bertz CT molecular complexity index is 1370. The molecule has 0 aromatic heterocycles. The summed E-state index contributed by atoms with van der Waals surface area (Å²) in [5.74, 6) is -1.75. The number of halogens is 1. The molecule has 1 aromatic rings. The van der Waals surface area contributed by atoms with Crippen molar-refractivity contribution < 1.29 is 41.3 Å². The molecule has 0 unspecified atom stereocenters. The van der Waals surface area contributed by atoms with E-state index in [1.54, 1.807) is 12.1 Å². The second kappa shape index (κ2) is 14.4. The first-order valence-electron chi connectivity index (χ1n) is 15.9. The van der Waals surface area contributed by atoms with E-state index in [2.05, 4.69) is 26.6 Å². The summed E-state index contributed by atoms with van der Waals surface area (Å²) >= 11 is 3.29. The minimum Gasteiger partial charge on any atom is -0.467 e. The maximum Gasteiger partial charge on any atom is 0.408 e. The molecule has 14 heteroatoms. The molecule has 4 aliphatic rings. The van der Waals surface area contributed by atoms with Gasteiger partial charge in [-0.2, -0.15) is 8.42 Å². The number of hydrogen-bond acceptors (Lipinski definition) is 9. The van der Waals surface area contributed by atoms with E-state index in [1.165, 1.54) is 24.1 Å². The molecule has 5 rings (SSSR count). The van der Waals surface area contributed by atoms with Crippen LogP contribution in [-0.4, -0.2) is 80.7 Å². The maximum absolute atomic E-state index is 14.1. The van der Waals surface area contributed by atoms with Crippen molar-refractivity contribution in [2.45, 2.75) is 118 Å². The fourth-order valence-electron chi connectivity index (χ4n) is 6.87. The summed E-state index contributed by atoms with van der Waals surface area (Å²) in [6.07, 6.45) is 7.23. The van der Waals surface area contributed by atoms with E-state index in [-0.39, 0.29) is 29.9 Å². The third-order valence-electron chi connectivity index (χ3n) is 9.43. The lowest BCUT2D eigenvalue weighted by atomic mass is 10.0. The predicted molar refractivity (Wildman–Crippen MR) is 165 cm³/mol. The van der Waals surface area contributed by atoms with Gasteiger partial charge in [-0.05, 0) is 75.1 Å². The monoisotopic (exact) mass is 711 g/mol. The van der Waals surface area contributed by atoms with Crippen molar-refractivity contribution in [1.82, 2.24) is 15.5 Å². The number of rotatable bonds is 6. The van der Waals surface area contributed by atoms with Crippen LogP contribution in [-0.2, 0) is 38.2 Å². The number of alkyl carbamates (subject to hydrolysis) is 1. The van der Waals surface area contributed by atoms with Crippen LogP contribution in [0.4, 0.5) is 4.79 Å². The number of nitrogens with zero attached hydrogens (tertiary/aromatic N) is 1. The second-order valence-electron chi connectivity index (χ2n) is 12.6. The zero-order chi connectivity index (χ0) is 32.2. The van der Waals surface area contributed by atoms with Gasteiger partial charge in [0.2, 0.25) is 11.8 Å². The first-order chi connectivity index (χ1) is 21.5. The van der Waals surface area contributed by atoms with Crippen molar-refractivity contribution >= 4 is 49.9 Å². The van der Waals surface area contributed by atoms with Gasteiger partial charge in [-0.25, -0.2) is 9.59 Å². The van der Waals surface area contributed by atoms with E-state index in [9.17, 15) is 27.6 Å². The van der Waals surface area contributed by atoms with Gasteiger partial charge in [-0.1, -0.05) is 48.0 Å². The second-order valence-corrected chi connectivity index (χ2v) is 15.1. The van der Waals surface area contributed by atoms with Crippen molar-refractivity contribution in [2.24, 2.45) is 5.92 Å². The molecule has 2 N–H and O–H groups in total. The highest BCUT2D eigenvalue weighted by Crippen LogP contribution is 2.48. The van der Waals surface area contributed by atoms with Crippen LogP contribution in [0, 0.1) is 5.92 Å². The highest BCUT2D eigenvalue weighted by atomic mass is 79.9. The number of hydrogen-bond donors (Lipinski definition) is 2. The average Bonchev–Trinajstić information content (AvgIpc) is 3.29. The van der Waals surface area contributed by atoms with Crippen LogP contribution in [0.25, 0.3) is 0 Å². The van der Waals surface area contributed by atoms with Crippen LogP contribution < -0.4 is 10.6 Å². The molecule has 0 bridgehead atoms. The molecule has 2 aliphatic carbocycles. The van der Waals surface area contributed by atoms with Gasteiger partial charge in [0.1, 0.15) is 23.7 Å². The molecule has 5 atom stereocenters. The number of esters is 1. The summed E-state index contributed by atoms with van der Waals surface area (Å²) in [5, 5.41) is 5.61. The molecular weight excluding hydrogens is 670 g/mol. The van der Waals surface area contributed by atoms with Crippen LogP contribution in [0.1, 0.15) is 83.5 Å². The first-order valence-corrected chi connectivity index (χ1v) is 18.1. The minimum atomic E-state index is -4.23. The zero-order valence-corrected chi connectivity index (χ0v) is 27.9. The Morgan fingerprint density at radius 1 is 0.956 bits per heavy atom. The summed E-state index contributed by atoms with van der Waals surface area (Å²) in [5.41, 5.74) is -1.19. The predicted octanol–water partition coefficient (Wildman–Crippen LogP) is 3.95. The molecule has 45 heavy (non-hydrogen) atoms. The van der Waals surface area contributed by atoms with E-state index in [1.807, 2.05) is 0 Å². The molecule has 2 saturated heterocycles.